The quantitative estimate of drug-likeness (QED) is 0.669. The zero-order valence-electron chi connectivity index (χ0n) is 11.8. The predicted octanol–water partition coefficient (Wildman–Crippen LogP) is 2.46. The van der Waals surface area contributed by atoms with Crippen LogP contribution in [0.2, 0.25) is 5.02 Å². The maximum absolute atomic E-state index is 12.1. The maximum atomic E-state index is 12.1. The molecular weight excluding hydrogens is 294 g/mol. The smallest absolute Gasteiger partial charge is 0.288 e. The van der Waals surface area contributed by atoms with Crippen molar-refractivity contribution >= 4 is 23.2 Å². The van der Waals surface area contributed by atoms with Gasteiger partial charge in [0, 0.05) is 18.7 Å². The van der Waals surface area contributed by atoms with Crippen molar-refractivity contribution in [3.63, 3.8) is 0 Å². The van der Waals surface area contributed by atoms with E-state index >= 15 is 0 Å². The summed E-state index contributed by atoms with van der Waals surface area (Å²) in [6.07, 6.45) is 2.38. The number of amides is 1. The monoisotopic (exact) mass is 311 g/mol. The van der Waals surface area contributed by atoms with Gasteiger partial charge in [0.1, 0.15) is 5.02 Å². The second-order valence-electron chi connectivity index (χ2n) is 5.20. The van der Waals surface area contributed by atoms with Crippen LogP contribution in [0.1, 0.15) is 30.1 Å². The second-order valence-corrected chi connectivity index (χ2v) is 5.58. The first-order valence-corrected chi connectivity index (χ1v) is 7.33. The first-order valence-electron chi connectivity index (χ1n) is 6.96. The number of likely N-dealkylation sites (tertiary alicyclic amines) is 1. The number of rotatable bonds is 5. The summed E-state index contributed by atoms with van der Waals surface area (Å²) in [4.78, 5) is 24.7. The molecule has 2 rings (SSSR count). The van der Waals surface area contributed by atoms with Crippen LogP contribution in [-0.2, 0) is 0 Å². The summed E-state index contributed by atoms with van der Waals surface area (Å²) >= 11 is 5.93. The summed E-state index contributed by atoms with van der Waals surface area (Å²) in [5.74, 6) is -0.380. The average molecular weight is 312 g/mol. The van der Waals surface area contributed by atoms with Gasteiger partial charge in [-0.3, -0.25) is 19.8 Å². The van der Waals surface area contributed by atoms with Crippen LogP contribution >= 0.6 is 11.6 Å². The second kappa shape index (κ2) is 6.87. The number of hydrogen-bond donors (Lipinski definition) is 1. The van der Waals surface area contributed by atoms with E-state index in [-0.39, 0.29) is 28.2 Å². The van der Waals surface area contributed by atoms with Crippen molar-refractivity contribution in [3.8, 4) is 0 Å². The Morgan fingerprint density at radius 3 is 2.76 bits per heavy atom. The van der Waals surface area contributed by atoms with Gasteiger partial charge >= 0.3 is 0 Å². The molecule has 7 heteroatoms. The minimum absolute atomic E-state index is 0.117. The lowest BCUT2D eigenvalue weighted by molar-refractivity contribution is -0.384. The standard InChI is InChI=1S/C14H18ClN3O3/c1-10(17-7-2-3-8-17)9-16-14(19)11-5-4-6-12(13(11)15)18(20)21/h4-6,10H,2-3,7-9H2,1H3,(H,16,19). The molecule has 1 unspecified atom stereocenters. The SMILES string of the molecule is CC(CNC(=O)c1cccc([N+](=O)[O-])c1Cl)N1CCCC1. The first-order chi connectivity index (χ1) is 10.0. The number of nitro groups is 1. The molecule has 114 valence electrons. The van der Waals surface area contributed by atoms with Gasteiger partial charge in [0.05, 0.1) is 10.5 Å². The Kier molecular flexibility index (Phi) is 5.14. The number of carbonyl (C=O) groups is 1. The predicted molar refractivity (Wildman–Crippen MR) is 80.7 cm³/mol. The minimum atomic E-state index is -0.591. The van der Waals surface area contributed by atoms with E-state index in [4.69, 9.17) is 11.6 Å². The summed E-state index contributed by atoms with van der Waals surface area (Å²) in [7, 11) is 0. The highest BCUT2D eigenvalue weighted by atomic mass is 35.5. The van der Waals surface area contributed by atoms with E-state index in [2.05, 4.69) is 17.1 Å². The van der Waals surface area contributed by atoms with Gasteiger partial charge in [0.25, 0.3) is 11.6 Å². The van der Waals surface area contributed by atoms with E-state index in [1.807, 2.05) is 0 Å². The van der Waals surface area contributed by atoms with Crippen LogP contribution < -0.4 is 5.32 Å². The average Bonchev–Trinajstić information content (AvgIpc) is 2.98. The van der Waals surface area contributed by atoms with Crippen molar-refractivity contribution in [1.29, 1.82) is 0 Å². The van der Waals surface area contributed by atoms with Crippen molar-refractivity contribution in [2.45, 2.75) is 25.8 Å². The number of nitrogens with zero attached hydrogens (tertiary/aromatic N) is 2. The molecule has 1 N–H and O–H groups in total. The number of hydrogen-bond acceptors (Lipinski definition) is 4. The normalized spacial score (nSPS) is 16.7. The van der Waals surface area contributed by atoms with Crippen molar-refractivity contribution in [2.24, 2.45) is 0 Å². The van der Waals surface area contributed by atoms with Crippen molar-refractivity contribution < 1.29 is 9.72 Å². The Morgan fingerprint density at radius 2 is 2.14 bits per heavy atom. The highest BCUT2D eigenvalue weighted by Crippen LogP contribution is 2.27. The molecule has 0 bridgehead atoms. The van der Waals surface area contributed by atoms with Crippen LogP contribution in [0.5, 0.6) is 0 Å². The zero-order chi connectivity index (χ0) is 15.4. The molecule has 0 spiro atoms. The van der Waals surface area contributed by atoms with Gasteiger partial charge < -0.3 is 5.32 Å². The molecule has 6 nitrogen and oxygen atoms in total. The number of halogens is 1. The molecule has 0 aliphatic carbocycles. The van der Waals surface area contributed by atoms with Crippen molar-refractivity contribution in [3.05, 3.63) is 38.9 Å². The number of benzene rings is 1. The van der Waals surface area contributed by atoms with Gasteiger partial charge in [0.2, 0.25) is 0 Å². The molecule has 1 fully saturated rings. The minimum Gasteiger partial charge on any atom is -0.350 e. The molecular formula is C14H18ClN3O3. The van der Waals surface area contributed by atoms with Crippen LogP contribution in [0.3, 0.4) is 0 Å². The molecule has 0 aromatic heterocycles. The molecule has 1 amide bonds. The lowest BCUT2D eigenvalue weighted by Gasteiger charge is -2.23. The number of nitro benzene ring substituents is 1. The van der Waals surface area contributed by atoms with E-state index in [1.165, 1.54) is 31.0 Å². The van der Waals surface area contributed by atoms with Gasteiger partial charge in [-0.05, 0) is 38.9 Å². The number of carbonyl (C=O) groups excluding carboxylic acids is 1. The first kappa shape index (κ1) is 15.7. The molecule has 1 aromatic rings. The van der Waals surface area contributed by atoms with Gasteiger partial charge in [-0.25, -0.2) is 0 Å². The zero-order valence-corrected chi connectivity index (χ0v) is 12.6. The topological polar surface area (TPSA) is 75.5 Å². The molecule has 1 aromatic carbocycles. The molecule has 1 aliphatic rings. The fourth-order valence-electron chi connectivity index (χ4n) is 2.48. The van der Waals surface area contributed by atoms with Gasteiger partial charge in [-0.1, -0.05) is 17.7 Å². The summed E-state index contributed by atoms with van der Waals surface area (Å²) in [5.41, 5.74) is -0.114. The molecule has 0 saturated carbocycles. The molecule has 1 saturated heterocycles. The van der Waals surface area contributed by atoms with E-state index in [1.54, 1.807) is 0 Å². The van der Waals surface area contributed by atoms with Crippen LogP contribution in [0, 0.1) is 10.1 Å². The van der Waals surface area contributed by atoms with Gasteiger partial charge in [0.15, 0.2) is 0 Å². The summed E-state index contributed by atoms with van der Waals surface area (Å²) in [6.45, 7) is 4.65. The number of nitrogens with one attached hydrogen (secondary N) is 1. The summed E-state index contributed by atoms with van der Waals surface area (Å²) in [6, 6.07) is 4.48. The van der Waals surface area contributed by atoms with E-state index in [0.29, 0.717) is 6.54 Å². The van der Waals surface area contributed by atoms with E-state index in [9.17, 15) is 14.9 Å². The lowest BCUT2D eigenvalue weighted by Crippen LogP contribution is -2.40. The van der Waals surface area contributed by atoms with E-state index in [0.717, 1.165) is 13.1 Å². The molecule has 1 heterocycles. The Balaban J connectivity index is 2.00. The Morgan fingerprint density at radius 1 is 1.48 bits per heavy atom. The van der Waals surface area contributed by atoms with Gasteiger partial charge in [-0.15, -0.1) is 0 Å². The lowest BCUT2D eigenvalue weighted by atomic mass is 10.2. The molecule has 1 aliphatic heterocycles. The van der Waals surface area contributed by atoms with Crippen LogP contribution in [0.4, 0.5) is 5.69 Å². The van der Waals surface area contributed by atoms with Crippen LogP contribution in [0.25, 0.3) is 0 Å². The molecule has 0 radical (unpaired) electrons. The van der Waals surface area contributed by atoms with Crippen molar-refractivity contribution in [1.82, 2.24) is 10.2 Å². The van der Waals surface area contributed by atoms with E-state index < -0.39 is 4.92 Å². The third-order valence-electron chi connectivity index (χ3n) is 3.74. The third-order valence-corrected chi connectivity index (χ3v) is 4.14. The fraction of sp³-hybridized carbons (Fsp3) is 0.500. The van der Waals surface area contributed by atoms with Crippen LogP contribution in [0.15, 0.2) is 18.2 Å². The summed E-state index contributed by atoms with van der Waals surface area (Å²) < 4.78 is 0. The maximum Gasteiger partial charge on any atom is 0.288 e. The summed E-state index contributed by atoms with van der Waals surface area (Å²) in [5, 5.41) is 13.5. The molecule has 1 atom stereocenters. The van der Waals surface area contributed by atoms with Crippen LogP contribution in [-0.4, -0.2) is 41.4 Å². The Hall–Kier alpha value is -1.66. The fourth-order valence-corrected chi connectivity index (χ4v) is 2.76. The molecule has 21 heavy (non-hydrogen) atoms. The third kappa shape index (κ3) is 3.71. The Bertz CT molecular complexity index is 544. The highest BCUT2D eigenvalue weighted by Gasteiger charge is 2.22. The van der Waals surface area contributed by atoms with Crippen molar-refractivity contribution in [2.75, 3.05) is 19.6 Å². The largest absolute Gasteiger partial charge is 0.350 e. The highest BCUT2D eigenvalue weighted by molar-refractivity contribution is 6.35. The van der Waals surface area contributed by atoms with Gasteiger partial charge in [-0.2, -0.15) is 0 Å². The Labute approximate surface area is 128 Å².